The summed E-state index contributed by atoms with van der Waals surface area (Å²) in [5.41, 5.74) is 2.25. The van der Waals surface area contributed by atoms with E-state index in [0.29, 0.717) is 32.6 Å². The van der Waals surface area contributed by atoms with E-state index in [9.17, 15) is 9.59 Å². The molecule has 0 fully saturated rings. The van der Waals surface area contributed by atoms with E-state index in [1.807, 2.05) is 32.0 Å². The summed E-state index contributed by atoms with van der Waals surface area (Å²) >= 11 is 8.84. The fraction of sp³-hybridized carbons (Fsp3) is 0.182. The van der Waals surface area contributed by atoms with Gasteiger partial charge in [-0.15, -0.1) is 11.3 Å². The highest BCUT2D eigenvalue weighted by molar-refractivity contribution is 7.99. The SMILES string of the molecule is Cc1cc2c(=O)n(Cc3cccnc3)c(SCC(=O)Nc3cccc(Cl)c3C)nc2s1. The molecule has 4 rings (SSSR count). The third-order valence-corrected chi connectivity index (χ3v) is 7.01. The first kappa shape index (κ1) is 21.5. The zero-order chi connectivity index (χ0) is 22.0. The zero-order valence-electron chi connectivity index (χ0n) is 16.9. The van der Waals surface area contributed by atoms with Crippen molar-refractivity contribution < 1.29 is 4.79 Å². The molecule has 0 aliphatic carbocycles. The standard InChI is InChI=1S/C22H19ClN4O2S2/c1-13-9-16-20(31-13)26-22(27(21(16)29)11-15-5-4-8-24-10-15)30-12-19(28)25-18-7-3-6-17(23)14(18)2/h3-10H,11-12H2,1-2H3,(H,25,28). The van der Waals surface area contributed by atoms with Crippen molar-refractivity contribution in [1.82, 2.24) is 14.5 Å². The number of nitrogens with zero attached hydrogens (tertiary/aromatic N) is 3. The van der Waals surface area contributed by atoms with Crippen LogP contribution in [0.1, 0.15) is 16.0 Å². The lowest BCUT2D eigenvalue weighted by Gasteiger charge is -2.13. The third kappa shape index (κ3) is 4.81. The number of aromatic nitrogens is 3. The van der Waals surface area contributed by atoms with E-state index in [1.165, 1.54) is 23.1 Å². The lowest BCUT2D eigenvalue weighted by Crippen LogP contribution is -2.24. The van der Waals surface area contributed by atoms with Crippen LogP contribution >= 0.6 is 34.7 Å². The van der Waals surface area contributed by atoms with Crippen LogP contribution < -0.4 is 10.9 Å². The molecule has 31 heavy (non-hydrogen) atoms. The molecule has 0 saturated carbocycles. The second kappa shape index (κ2) is 9.21. The minimum absolute atomic E-state index is 0.112. The Balaban J connectivity index is 1.61. The Labute approximate surface area is 192 Å². The highest BCUT2D eigenvalue weighted by Crippen LogP contribution is 2.26. The van der Waals surface area contributed by atoms with Crippen LogP contribution in [-0.2, 0) is 11.3 Å². The van der Waals surface area contributed by atoms with E-state index in [1.54, 1.807) is 35.2 Å². The van der Waals surface area contributed by atoms with Gasteiger partial charge in [-0.2, -0.15) is 0 Å². The number of benzene rings is 1. The van der Waals surface area contributed by atoms with Gasteiger partial charge in [-0.1, -0.05) is 35.5 Å². The van der Waals surface area contributed by atoms with Gasteiger partial charge in [0, 0.05) is 28.0 Å². The topological polar surface area (TPSA) is 76.9 Å². The number of thiophene rings is 1. The number of nitrogens with one attached hydrogen (secondary N) is 1. The molecule has 0 unspecified atom stereocenters. The average molecular weight is 471 g/mol. The largest absolute Gasteiger partial charge is 0.325 e. The fourth-order valence-corrected chi connectivity index (χ4v) is 4.99. The summed E-state index contributed by atoms with van der Waals surface area (Å²) in [6, 6.07) is 11.0. The second-order valence-electron chi connectivity index (χ2n) is 6.97. The van der Waals surface area contributed by atoms with E-state index >= 15 is 0 Å². The molecule has 0 aliphatic rings. The zero-order valence-corrected chi connectivity index (χ0v) is 19.3. The normalized spacial score (nSPS) is 11.1. The predicted molar refractivity (Wildman–Crippen MR) is 127 cm³/mol. The average Bonchev–Trinajstić information content (AvgIpc) is 3.13. The van der Waals surface area contributed by atoms with E-state index in [2.05, 4.69) is 15.3 Å². The van der Waals surface area contributed by atoms with Gasteiger partial charge in [0.2, 0.25) is 5.91 Å². The number of anilines is 1. The van der Waals surface area contributed by atoms with Crippen LogP contribution in [0.5, 0.6) is 0 Å². The predicted octanol–water partition coefficient (Wildman–Crippen LogP) is 4.90. The van der Waals surface area contributed by atoms with Gasteiger partial charge < -0.3 is 5.32 Å². The highest BCUT2D eigenvalue weighted by Gasteiger charge is 2.16. The third-order valence-electron chi connectivity index (χ3n) is 4.68. The van der Waals surface area contributed by atoms with Crippen molar-refractivity contribution in [2.75, 3.05) is 11.1 Å². The Morgan fingerprint density at radius 3 is 2.87 bits per heavy atom. The number of fused-ring (bicyclic) bond motifs is 1. The minimum atomic E-state index is -0.194. The van der Waals surface area contributed by atoms with Gasteiger partial charge in [0.15, 0.2) is 5.16 Å². The molecule has 0 spiro atoms. The maximum absolute atomic E-state index is 13.2. The van der Waals surface area contributed by atoms with E-state index in [4.69, 9.17) is 11.6 Å². The number of rotatable bonds is 6. The van der Waals surface area contributed by atoms with Crippen molar-refractivity contribution in [3.8, 4) is 0 Å². The lowest BCUT2D eigenvalue weighted by atomic mass is 10.2. The molecule has 0 radical (unpaired) electrons. The number of halogens is 1. The van der Waals surface area contributed by atoms with E-state index in [-0.39, 0.29) is 17.2 Å². The van der Waals surface area contributed by atoms with Gasteiger partial charge in [-0.3, -0.25) is 19.1 Å². The molecule has 0 bridgehead atoms. The second-order valence-corrected chi connectivity index (χ2v) is 9.56. The van der Waals surface area contributed by atoms with Crippen molar-refractivity contribution >= 4 is 56.5 Å². The number of hydrogen-bond donors (Lipinski definition) is 1. The maximum Gasteiger partial charge on any atom is 0.263 e. The van der Waals surface area contributed by atoms with Crippen molar-refractivity contribution in [2.45, 2.75) is 25.5 Å². The van der Waals surface area contributed by atoms with Crippen molar-refractivity contribution in [3.63, 3.8) is 0 Å². The molecular formula is C22H19ClN4O2S2. The highest BCUT2D eigenvalue weighted by atomic mass is 35.5. The molecule has 6 nitrogen and oxygen atoms in total. The van der Waals surface area contributed by atoms with Crippen LogP contribution in [0.25, 0.3) is 10.2 Å². The number of carbonyl (C=O) groups is 1. The smallest absolute Gasteiger partial charge is 0.263 e. The summed E-state index contributed by atoms with van der Waals surface area (Å²) < 4.78 is 1.61. The number of hydrogen-bond acceptors (Lipinski definition) is 6. The van der Waals surface area contributed by atoms with Crippen molar-refractivity contribution in [3.05, 3.63) is 80.2 Å². The summed E-state index contributed by atoms with van der Waals surface area (Å²) in [5.74, 6) is -0.0820. The van der Waals surface area contributed by atoms with Gasteiger partial charge >= 0.3 is 0 Å². The first-order valence-corrected chi connectivity index (χ1v) is 11.7. The Morgan fingerprint density at radius 2 is 2.10 bits per heavy atom. The quantitative estimate of drug-likeness (QED) is 0.320. The van der Waals surface area contributed by atoms with Gasteiger partial charge in [-0.05, 0) is 49.2 Å². The molecule has 4 aromatic rings. The Hall–Kier alpha value is -2.68. The van der Waals surface area contributed by atoms with E-state index < -0.39 is 0 Å². The molecule has 0 aliphatic heterocycles. The number of carbonyl (C=O) groups excluding carboxylic acids is 1. The summed E-state index contributed by atoms with van der Waals surface area (Å²) in [6.45, 7) is 4.14. The van der Waals surface area contributed by atoms with Crippen molar-refractivity contribution in [2.24, 2.45) is 0 Å². The monoisotopic (exact) mass is 470 g/mol. The molecule has 158 valence electrons. The molecule has 1 amide bonds. The van der Waals surface area contributed by atoms with Gasteiger partial charge in [0.25, 0.3) is 5.56 Å². The molecule has 0 saturated heterocycles. The fourth-order valence-electron chi connectivity index (χ4n) is 3.10. The van der Waals surface area contributed by atoms with Crippen LogP contribution in [-0.4, -0.2) is 26.2 Å². The number of pyridine rings is 1. The van der Waals surface area contributed by atoms with Crippen LogP contribution in [0.15, 0.2) is 58.7 Å². The van der Waals surface area contributed by atoms with Gasteiger partial charge in [0.05, 0.1) is 17.7 Å². The van der Waals surface area contributed by atoms with Crippen LogP contribution in [0.2, 0.25) is 5.02 Å². The van der Waals surface area contributed by atoms with Gasteiger partial charge in [0.1, 0.15) is 4.83 Å². The van der Waals surface area contributed by atoms with Crippen LogP contribution in [0, 0.1) is 13.8 Å². The lowest BCUT2D eigenvalue weighted by molar-refractivity contribution is -0.113. The van der Waals surface area contributed by atoms with Crippen LogP contribution in [0.4, 0.5) is 5.69 Å². The maximum atomic E-state index is 13.2. The molecule has 1 N–H and O–H groups in total. The number of amides is 1. The first-order chi connectivity index (χ1) is 14.9. The Bertz CT molecular complexity index is 1320. The number of aryl methyl sites for hydroxylation is 1. The summed E-state index contributed by atoms with van der Waals surface area (Å²) in [5, 5.41) is 4.57. The number of thioether (sulfide) groups is 1. The summed E-state index contributed by atoms with van der Waals surface area (Å²) in [7, 11) is 0. The van der Waals surface area contributed by atoms with Gasteiger partial charge in [-0.25, -0.2) is 4.98 Å². The summed E-state index contributed by atoms with van der Waals surface area (Å²) in [4.78, 5) is 36.3. The summed E-state index contributed by atoms with van der Waals surface area (Å²) in [6.07, 6.45) is 3.41. The molecule has 9 heteroatoms. The molecule has 0 atom stereocenters. The Morgan fingerprint density at radius 1 is 1.26 bits per heavy atom. The minimum Gasteiger partial charge on any atom is -0.325 e. The Kier molecular flexibility index (Phi) is 6.41. The van der Waals surface area contributed by atoms with Crippen LogP contribution in [0.3, 0.4) is 0 Å². The van der Waals surface area contributed by atoms with E-state index in [0.717, 1.165) is 16.0 Å². The van der Waals surface area contributed by atoms with Crippen molar-refractivity contribution in [1.29, 1.82) is 0 Å². The molecule has 3 heterocycles. The molecule has 3 aromatic heterocycles. The molecule has 1 aromatic carbocycles. The molecular weight excluding hydrogens is 452 g/mol. The first-order valence-electron chi connectivity index (χ1n) is 9.50.